The topological polar surface area (TPSA) is 39.4 Å². The van der Waals surface area contributed by atoms with Crippen LogP contribution in [0.3, 0.4) is 0 Å². The quantitative estimate of drug-likeness (QED) is 0.630. The van der Waals surface area contributed by atoms with E-state index in [4.69, 9.17) is 9.42 Å². The molecule has 4 nitrogen and oxygen atoms in total. The first-order valence-electron chi connectivity index (χ1n) is 7.08. The minimum absolute atomic E-state index is 0.857. The van der Waals surface area contributed by atoms with E-state index in [0.29, 0.717) is 0 Å². The maximum absolute atomic E-state index is 6.14. The molecule has 0 fully saturated rings. The second-order valence-electron chi connectivity index (χ2n) is 6.31. The lowest BCUT2D eigenvalue weighted by Crippen LogP contribution is -2.29. The summed E-state index contributed by atoms with van der Waals surface area (Å²) in [5, 5.41) is 0. The van der Waals surface area contributed by atoms with Gasteiger partial charge in [-0.2, -0.15) is 0 Å². The predicted octanol–water partition coefficient (Wildman–Crippen LogP) is 4.08. The molecule has 0 saturated heterocycles. The number of aromatic nitrogens is 2. The standard InChI is InChI=1S/C16H23N3OSi/c1-12-7-8-16(20-21(4,5)6)14(9-12)18-13(2)15-10-19(3)11-17-15/h7-11H,1-6H3. The van der Waals surface area contributed by atoms with E-state index in [0.717, 1.165) is 22.8 Å². The molecule has 0 unspecified atom stereocenters. The predicted molar refractivity (Wildman–Crippen MR) is 90.2 cm³/mol. The van der Waals surface area contributed by atoms with E-state index < -0.39 is 8.32 Å². The van der Waals surface area contributed by atoms with Gasteiger partial charge in [0.25, 0.3) is 0 Å². The highest BCUT2D eigenvalue weighted by atomic mass is 28.4. The van der Waals surface area contributed by atoms with E-state index >= 15 is 0 Å². The number of hydrogen-bond donors (Lipinski definition) is 0. The summed E-state index contributed by atoms with van der Waals surface area (Å²) in [6.45, 7) is 10.6. The van der Waals surface area contributed by atoms with E-state index in [1.54, 1.807) is 6.33 Å². The molecule has 0 amide bonds. The molecule has 0 saturated carbocycles. The van der Waals surface area contributed by atoms with Crippen molar-refractivity contribution in [2.24, 2.45) is 12.0 Å². The molecule has 21 heavy (non-hydrogen) atoms. The molecule has 0 atom stereocenters. The number of aliphatic imine (C=N–C) groups is 1. The molecule has 0 radical (unpaired) electrons. The summed E-state index contributed by atoms with van der Waals surface area (Å²) in [6.07, 6.45) is 3.75. The number of aryl methyl sites for hydroxylation is 2. The summed E-state index contributed by atoms with van der Waals surface area (Å²) in [5.74, 6) is 0.857. The zero-order valence-corrected chi connectivity index (χ0v) is 14.6. The SMILES string of the molecule is CC(=Nc1cc(C)ccc1O[Si](C)(C)C)c1cn(C)cn1. The Hall–Kier alpha value is -1.88. The van der Waals surface area contributed by atoms with Crippen molar-refractivity contribution in [2.75, 3.05) is 0 Å². The van der Waals surface area contributed by atoms with Crippen molar-refractivity contribution in [3.05, 3.63) is 42.0 Å². The van der Waals surface area contributed by atoms with Gasteiger partial charge in [-0.3, -0.25) is 0 Å². The number of imidazole rings is 1. The van der Waals surface area contributed by atoms with Gasteiger partial charge >= 0.3 is 0 Å². The van der Waals surface area contributed by atoms with E-state index in [1.165, 1.54) is 5.56 Å². The van der Waals surface area contributed by atoms with E-state index in [-0.39, 0.29) is 0 Å². The van der Waals surface area contributed by atoms with E-state index in [9.17, 15) is 0 Å². The van der Waals surface area contributed by atoms with Gasteiger partial charge in [-0.05, 0) is 51.2 Å². The van der Waals surface area contributed by atoms with Gasteiger partial charge in [-0.25, -0.2) is 9.98 Å². The van der Waals surface area contributed by atoms with Gasteiger partial charge in [-0.15, -0.1) is 0 Å². The molecule has 0 aliphatic rings. The first-order valence-corrected chi connectivity index (χ1v) is 10.5. The average molecular weight is 301 g/mol. The van der Waals surface area contributed by atoms with Crippen molar-refractivity contribution in [2.45, 2.75) is 33.5 Å². The summed E-state index contributed by atoms with van der Waals surface area (Å²) in [7, 11) is 0.293. The zero-order valence-electron chi connectivity index (χ0n) is 13.6. The molecule has 0 aliphatic carbocycles. The molecular weight excluding hydrogens is 278 g/mol. The fourth-order valence-electron chi connectivity index (χ4n) is 1.97. The third-order valence-electron chi connectivity index (χ3n) is 2.89. The van der Waals surface area contributed by atoms with Gasteiger partial charge < -0.3 is 8.99 Å². The van der Waals surface area contributed by atoms with Gasteiger partial charge in [0.1, 0.15) is 17.1 Å². The third kappa shape index (κ3) is 4.29. The van der Waals surface area contributed by atoms with Crippen LogP contribution in [0.2, 0.25) is 19.6 Å². The summed E-state index contributed by atoms with van der Waals surface area (Å²) in [5.41, 5.74) is 3.82. The molecule has 1 aromatic heterocycles. The second-order valence-corrected chi connectivity index (χ2v) is 10.7. The van der Waals surface area contributed by atoms with Crippen LogP contribution in [0.1, 0.15) is 18.2 Å². The largest absolute Gasteiger partial charge is 0.543 e. The molecule has 0 aliphatic heterocycles. The van der Waals surface area contributed by atoms with Crippen molar-refractivity contribution in [3.8, 4) is 5.75 Å². The first-order chi connectivity index (χ1) is 9.74. The van der Waals surface area contributed by atoms with Crippen molar-refractivity contribution in [1.29, 1.82) is 0 Å². The number of nitrogens with zero attached hydrogens (tertiary/aromatic N) is 3. The van der Waals surface area contributed by atoms with Crippen LogP contribution in [-0.4, -0.2) is 23.6 Å². The van der Waals surface area contributed by atoms with Crippen molar-refractivity contribution >= 4 is 19.7 Å². The maximum atomic E-state index is 6.14. The Labute approximate surface area is 127 Å². The fraction of sp³-hybridized carbons (Fsp3) is 0.375. The number of hydrogen-bond acceptors (Lipinski definition) is 3. The van der Waals surface area contributed by atoms with Crippen LogP contribution in [0.5, 0.6) is 5.75 Å². The van der Waals surface area contributed by atoms with E-state index in [1.807, 2.05) is 30.8 Å². The third-order valence-corrected chi connectivity index (χ3v) is 3.73. The van der Waals surface area contributed by atoms with Crippen LogP contribution >= 0.6 is 0 Å². The van der Waals surface area contributed by atoms with Crippen LogP contribution in [-0.2, 0) is 7.05 Å². The molecule has 1 aromatic carbocycles. The molecule has 1 heterocycles. The Morgan fingerprint density at radius 2 is 2.00 bits per heavy atom. The minimum atomic E-state index is -1.66. The van der Waals surface area contributed by atoms with E-state index in [2.05, 4.69) is 43.7 Å². The summed E-state index contributed by atoms with van der Waals surface area (Å²) in [6, 6.07) is 6.13. The summed E-state index contributed by atoms with van der Waals surface area (Å²) in [4.78, 5) is 9.06. The lowest BCUT2D eigenvalue weighted by molar-refractivity contribution is 0.559. The Kier molecular flexibility index (Phi) is 4.32. The van der Waals surface area contributed by atoms with Crippen LogP contribution in [0.4, 0.5) is 5.69 Å². The zero-order chi connectivity index (χ0) is 15.6. The Morgan fingerprint density at radius 1 is 1.29 bits per heavy atom. The summed E-state index contributed by atoms with van der Waals surface area (Å²) >= 11 is 0. The van der Waals surface area contributed by atoms with Gasteiger partial charge in [0.05, 0.1) is 12.0 Å². The molecule has 2 rings (SSSR count). The lowest BCUT2D eigenvalue weighted by atomic mass is 10.2. The highest BCUT2D eigenvalue weighted by Crippen LogP contribution is 2.31. The fourth-order valence-corrected chi connectivity index (χ4v) is 2.80. The molecule has 2 aromatic rings. The Morgan fingerprint density at radius 3 is 2.57 bits per heavy atom. The second kappa shape index (κ2) is 5.85. The van der Waals surface area contributed by atoms with Crippen LogP contribution < -0.4 is 4.43 Å². The highest BCUT2D eigenvalue weighted by Gasteiger charge is 2.18. The molecule has 5 heteroatoms. The normalized spacial score (nSPS) is 12.6. The highest BCUT2D eigenvalue weighted by molar-refractivity contribution is 6.70. The van der Waals surface area contributed by atoms with Gasteiger partial charge in [0, 0.05) is 13.2 Å². The van der Waals surface area contributed by atoms with Gasteiger partial charge in [0.15, 0.2) is 0 Å². The van der Waals surface area contributed by atoms with Crippen LogP contribution in [0.25, 0.3) is 0 Å². The monoisotopic (exact) mass is 301 g/mol. The summed E-state index contributed by atoms with van der Waals surface area (Å²) < 4.78 is 8.06. The smallest absolute Gasteiger partial charge is 0.242 e. The Balaban J connectivity index is 2.40. The molecule has 0 bridgehead atoms. The van der Waals surface area contributed by atoms with Gasteiger partial charge in [-0.1, -0.05) is 6.07 Å². The number of rotatable bonds is 4. The van der Waals surface area contributed by atoms with Crippen LogP contribution in [0.15, 0.2) is 35.7 Å². The van der Waals surface area contributed by atoms with Crippen molar-refractivity contribution in [1.82, 2.24) is 9.55 Å². The first kappa shape index (κ1) is 15.5. The molecule has 0 spiro atoms. The van der Waals surface area contributed by atoms with Crippen LogP contribution in [0, 0.1) is 6.92 Å². The number of benzene rings is 1. The van der Waals surface area contributed by atoms with Crippen molar-refractivity contribution in [3.63, 3.8) is 0 Å². The minimum Gasteiger partial charge on any atom is -0.543 e. The van der Waals surface area contributed by atoms with Gasteiger partial charge in [0.2, 0.25) is 8.32 Å². The maximum Gasteiger partial charge on any atom is 0.242 e. The molecular formula is C16H23N3OSi. The van der Waals surface area contributed by atoms with Crippen molar-refractivity contribution < 1.29 is 4.43 Å². The average Bonchev–Trinajstić information content (AvgIpc) is 2.78. The molecule has 112 valence electrons. The lowest BCUT2D eigenvalue weighted by Gasteiger charge is -2.20. The molecule has 0 N–H and O–H groups in total. The Bertz CT molecular complexity index is 668.